The minimum atomic E-state index is -1.17. The molecule has 0 saturated heterocycles. The Labute approximate surface area is 290 Å². The largest absolute Gasteiger partial charge is 0.367 e. The van der Waals surface area contributed by atoms with Crippen LogP contribution in [0.25, 0.3) is 0 Å². The number of carbonyl (C=O) groups is 1. The van der Waals surface area contributed by atoms with Crippen LogP contribution >= 0.6 is 11.3 Å². The number of nitrogens with one attached hydrogen (secondary N) is 1. The molecule has 0 aliphatic rings. The minimum Gasteiger partial charge on any atom is -0.367 e. The van der Waals surface area contributed by atoms with Crippen molar-refractivity contribution in [1.82, 2.24) is 4.98 Å². The van der Waals surface area contributed by atoms with Gasteiger partial charge in [-0.25, -0.2) is 4.98 Å². The molecule has 240 valence electrons. The first-order chi connectivity index (χ1) is 24.1. The van der Waals surface area contributed by atoms with Crippen molar-refractivity contribution in [2.45, 2.75) is 17.2 Å². The van der Waals surface area contributed by atoms with Crippen molar-refractivity contribution < 1.29 is 9.53 Å². The lowest BCUT2D eigenvalue weighted by Crippen LogP contribution is -2.39. The molecule has 1 heterocycles. The highest BCUT2D eigenvalue weighted by Gasteiger charge is 2.43. The number of anilines is 1. The SMILES string of the molecule is NC(=O)C(OC(c1ccccc1)(c1ccccc1)c1ccccc1)c1csc(NC(c2ccccc2)(c2ccccc2)c2ccccc2)n1. The highest BCUT2D eigenvalue weighted by molar-refractivity contribution is 7.13. The van der Waals surface area contributed by atoms with E-state index in [1.54, 1.807) is 0 Å². The maximum Gasteiger partial charge on any atom is 0.252 e. The molecule has 7 rings (SSSR count). The number of nitrogens with two attached hydrogens (primary N) is 1. The number of hydrogen-bond acceptors (Lipinski definition) is 5. The normalized spacial score (nSPS) is 12.2. The van der Waals surface area contributed by atoms with Crippen molar-refractivity contribution >= 4 is 22.4 Å². The third kappa shape index (κ3) is 6.16. The number of hydrogen-bond donors (Lipinski definition) is 2. The number of benzene rings is 6. The van der Waals surface area contributed by atoms with E-state index >= 15 is 0 Å². The number of primary amides is 1. The van der Waals surface area contributed by atoms with Gasteiger partial charge >= 0.3 is 0 Å². The summed E-state index contributed by atoms with van der Waals surface area (Å²) in [4.78, 5) is 18.5. The Bertz CT molecular complexity index is 1900. The summed E-state index contributed by atoms with van der Waals surface area (Å²) in [6.07, 6.45) is -1.17. The molecule has 6 aromatic carbocycles. The first kappa shape index (κ1) is 31.8. The molecule has 0 saturated carbocycles. The molecule has 0 fully saturated rings. The zero-order valence-electron chi connectivity index (χ0n) is 26.7. The average molecular weight is 658 g/mol. The van der Waals surface area contributed by atoms with Crippen LogP contribution in [0.15, 0.2) is 187 Å². The van der Waals surface area contributed by atoms with Gasteiger partial charge in [-0.2, -0.15) is 0 Å². The van der Waals surface area contributed by atoms with E-state index in [2.05, 4.69) is 41.7 Å². The second-order valence-corrected chi connectivity index (χ2v) is 12.6. The van der Waals surface area contributed by atoms with Crippen LogP contribution in [0.5, 0.6) is 0 Å². The van der Waals surface area contributed by atoms with E-state index in [0.717, 1.165) is 33.4 Å². The molecule has 0 radical (unpaired) electrons. The van der Waals surface area contributed by atoms with Gasteiger partial charge in [-0.3, -0.25) is 4.79 Å². The van der Waals surface area contributed by atoms with Gasteiger partial charge in [0.2, 0.25) is 0 Å². The quantitative estimate of drug-likeness (QED) is 0.129. The molecule has 1 amide bonds. The second kappa shape index (κ2) is 14.1. The number of rotatable bonds is 12. The molecule has 5 nitrogen and oxygen atoms in total. The van der Waals surface area contributed by atoms with Gasteiger partial charge in [-0.15, -0.1) is 11.3 Å². The van der Waals surface area contributed by atoms with E-state index in [9.17, 15) is 4.79 Å². The molecule has 7 aromatic rings. The monoisotopic (exact) mass is 657 g/mol. The van der Waals surface area contributed by atoms with Crippen molar-refractivity contribution in [3.8, 4) is 0 Å². The summed E-state index contributed by atoms with van der Waals surface area (Å²) in [5, 5.41) is 6.29. The first-order valence-electron chi connectivity index (χ1n) is 16.1. The highest BCUT2D eigenvalue weighted by atomic mass is 32.1. The van der Waals surface area contributed by atoms with Crippen LogP contribution in [-0.4, -0.2) is 10.9 Å². The second-order valence-electron chi connectivity index (χ2n) is 11.7. The van der Waals surface area contributed by atoms with Crippen LogP contribution in [0.4, 0.5) is 5.13 Å². The van der Waals surface area contributed by atoms with Crippen molar-refractivity contribution in [3.63, 3.8) is 0 Å². The number of aromatic nitrogens is 1. The van der Waals surface area contributed by atoms with E-state index < -0.39 is 23.2 Å². The number of nitrogens with zero attached hydrogens (tertiary/aromatic N) is 1. The Balaban J connectivity index is 1.36. The predicted octanol–water partition coefficient (Wildman–Crippen LogP) is 9.08. The Hall–Kier alpha value is -5.82. The summed E-state index contributed by atoms with van der Waals surface area (Å²) in [6, 6.07) is 60.8. The summed E-state index contributed by atoms with van der Waals surface area (Å²) >= 11 is 1.41. The van der Waals surface area contributed by atoms with Crippen molar-refractivity contribution in [1.29, 1.82) is 0 Å². The smallest absolute Gasteiger partial charge is 0.252 e. The Morgan fingerprint density at radius 2 is 0.878 bits per heavy atom. The third-order valence-electron chi connectivity index (χ3n) is 8.80. The van der Waals surface area contributed by atoms with E-state index in [4.69, 9.17) is 15.5 Å². The van der Waals surface area contributed by atoms with Crippen LogP contribution in [-0.2, 0) is 20.7 Å². The van der Waals surface area contributed by atoms with Crippen LogP contribution in [0.2, 0.25) is 0 Å². The topological polar surface area (TPSA) is 77.2 Å². The molecule has 0 spiro atoms. The van der Waals surface area contributed by atoms with Gasteiger partial charge in [0.25, 0.3) is 5.91 Å². The summed E-state index contributed by atoms with van der Waals surface area (Å²) in [7, 11) is 0. The Morgan fingerprint density at radius 1 is 0.551 bits per heavy atom. The molecular formula is C43H35N3O2S. The summed E-state index contributed by atoms with van der Waals surface area (Å²) < 4.78 is 7.08. The van der Waals surface area contributed by atoms with E-state index in [0.29, 0.717) is 10.8 Å². The van der Waals surface area contributed by atoms with E-state index in [-0.39, 0.29) is 0 Å². The molecule has 1 atom stereocenters. The van der Waals surface area contributed by atoms with Gasteiger partial charge in [0.05, 0.1) is 5.69 Å². The van der Waals surface area contributed by atoms with Crippen LogP contribution in [0.3, 0.4) is 0 Å². The fraction of sp³-hybridized carbons (Fsp3) is 0.0698. The van der Waals surface area contributed by atoms with Crippen LogP contribution in [0.1, 0.15) is 45.2 Å². The molecule has 0 aliphatic heterocycles. The Morgan fingerprint density at radius 3 is 1.20 bits per heavy atom. The number of carbonyl (C=O) groups excluding carboxylic acids is 1. The molecular weight excluding hydrogens is 623 g/mol. The fourth-order valence-electron chi connectivity index (χ4n) is 6.57. The first-order valence-corrected chi connectivity index (χ1v) is 17.0. The molecule has 1 aromatic heterocycles. The number of ether oxygens (including phenoxy) is 1. The lowest BCUT2D eigenvalue weighted by atomic mass is 9.77. The van der Waals surface area contributed by atoms with Gasteiger partial charge < -0.3 is 15.8 Å². The van der Waals surface area contributed by atoms with Gasteiger partial charge in [0, 0.05) is 5.38 Å². The maximum atomic E-state index is 13.5. The minimum absolute atomic E-state index is 0.426. The standard InChI is InChI=1S/C43H35N3O2S/c44-40(47)39(48-43(35-25-13-4-14-26-35,36-27-15-5-16-28-36)37-29-17-6-18-30-37)38-31-49-41(45-38)46-42(32-19-7-1-8-20-32,33-21-9-2-10-22-33)34-23-11-3-12-24-34/h1-31,39H,(H2,44,47)(H,45,46). The highest BCUT2D eigenvalue weighted by Crippen LogP contribution is 2.45. The van der Waals surface area contributed by atoms with Gasteiger partial charge in [0.15, 0.2) is 11.2 Å². The fourth-order valence-corrected chi connectivity index (χ4v) is 7.35. The lowest BCUT2D eigenvalue weighted by molar-refractivity contribution is -0.138. The van der Waals surface area contributed by atoms with Crippen molar-refractivity contribution in [2.75, 3.05) is 5.32 Å². The molecule has 6 heteroatoms. The predicted molar refractivity (Wildman–Crippen MR) is 197 cm³/mol. The molecule has 3 N–H and O–H groups in total. The number of thiazole rings is 1. The van der Waals surface area contributed by atoms with Crippen molar-refractivity contribution in [3.05, 3.63) is 226 Å². The molecule has 0 aliphatic carbocycles. The van der Waals surface area contributed by atoms with Crippen molar-refractivity contribution in [2.24, 2.45) is 5.73 Å². The lowest BCUT2D eigenvalue weighted by Gasteiger charge is -2.38. The summed E-state index contributed by atoms with van der Waals surface area (Å²) in [6.45, 7) is 0. The molecule has 0 bridgehead atoms. The molecule has 1 unspecified atom stereocenters. The summed E-state index contributed by atoms with van der Waals surface area (Å²) in [5.74, 6) is -0.635. The molecule has 49 heavy (non-hydrogen) atoms. The maximum absolute atomic E-state index is 13.5. The zero-order chi connectivity index (χ0) is 33.5. The average Bonchev–Trinajstić information content (AvgIpc) is 3.64. The van der Waals surface area contributed by atoms with Crippen LogP contribution in [0, 0.1) is 0 Å². The summed E-state index contributed by atoms with van der Waals surface area (Å²) in [5.41, 5.74) is 10.4. The van der Waals surface area contributed by atoms with Gasteiger partial charge in [0.1, 0.15) is 11.1 Å². The number of amides is 1. The Kier molecular flexibility index (Phi) is 9.15. The van der Waals surface area contributed by atoms with Gasteiger partial charge in [-0.1, -0.05) is 182 Å². The van der Waals surface area contributed by atoms with Crippen LogP contribution < -0.4 is 11.1 Å². The van der Waals surface area contributed by atoms with E-state index in [1.165, 1.54) is 11.3 Å². The zero-order valence-corrected chi connectivity index (χ0v) is 27.5. The van der Waals surface area contributed by atoms with E-state index in [1.807, 2.05) is 151 Å². The third-order valence-corrected chi connectivity index (χ3v) is 9.58. The van der Waals surface area contributed by atoms with Gasteiger partial charge in [-0.05, 0) is 33.4 Å².